The molecular formula is C14H14BrNO3S. The summed E-state index contributed by atoms with van der Waals surface area (Å²) in [5.74, 6) is 0. The third-order valence-electron chi connectivity index (χ3n) is 2.77. The average Bonchev–Trinajstić information content (AvgIpc) is 2.46. The van der Waals surface area contributed by atoms with Crippen molar-refractivity contribution in [2.75, 3.05) is 6.54 Å². The third-order valence-corrected chi connectivity index (χ3v) is 4.74. The van der Waals surface area contributed by atoms with Gasteiger partial charge in [0.05, 0.1) is 11.0 Å². The molecule has 6 heteroatoms. The lowest BCUT2D eigenvalue weighted by Crippen LogP contribution is -2.28. The topological polar surface area (TPSA) is 66.4 Å². The summed E-state index contributed by atoms with van der Waals surface area (Å²) in [6.45, 7) is -0.0671. The van der Waals surface area contributed by atoms with Gasteiger partial charge in [0, 0.05) is 11.0 Å². The Morgan fingerprint density at radius 3 is 2.25 bits per heavy atom. The number of nitrogens with one attached hydrogen (secondary N) is 1. The largest absolute Gasteiger partial charge is 0.387 e. The molecule has 0 amide bonds. The normalized spacial score (nSPS) is 13.1. The fourth-order valence-corrected chi connectivity index (χ4v) is 2.98. The van der Waals surface area contributed by atoms with Crippen LogP contribution in [0.5, 0.6) is 0 Å². The Hall–Kier alpha value is -1.21. The smallest absolute Gasteiger partial charge is 0.240 e. The summed E-state index contributed by atoms with van der Waals surface area (Å²) >= 11 is 3.25. The van der Waals surface area contributed by atoms with Crippen molar-refractivity contribution in [1.82, 2.24) is 4.72 Å². The molecule has 1 unspecified atom stereocenters. The van der Waals surface area contributed by atoms with Crippen LogP contribution in [0.15, 0.2) is 64.0 Å². The van der Waals surface area contributed by atoms with Gasteiger partial charge in [0.2, 0.25) is 10.0 Å². The molecule has 0 saturated carbocycles. The highest BCUT2D eigenvalue weighted by Crippen LogP contribution is 2.16. The van der Waals surface area contributed by atoms with Gasteiger partial charge in [-0.3, -0.25) is 0 Å². The van der Waals surface area contributed by atoms with E-state index in [9.17, 15) is 13.5 Å². The van der Waals surface area contributed by atoms with Crippen molar-refractivity contribution in [3.8, 4) is 0 Å². The van der Waals surface area contributed by atoms with Crippen LogP contribution in [0, 0.1) is 0 Å². The van der Waals surface area contributed by atoms with Crippen LogP contribution in [0.2, 0.25) is 0 Å². The molecule has 4 nitrogen and oxygen atoms in total. The molecular weight excluding hydrogens is 342 g/mol. The van der Waals surface area contributed by atoms with E-state index >= 15 is 0 Å². The molecule has 0 fully saturated rings. The van der Waals surface area contributed by atoms with Crippen molar-refractivity contribution in [3.63, 3.8) is 0 Å². The van der Waals surface area contributed by atoms with E-state index in [1.165, 1.54) is 12.1 Å². The molecule has 2 N–H and O–H groups in total. The predicted molar refractivity (Wildman–Crippen MR) is 80.7 cm³/mol. The fraction of sp³-hybridized carbons (Fsp3) is 0.143. The number of aliphatic hydroxyl groups excluding tert-OH is 1. The van der Waals surface area contributed by atoms with Gasteiger partial charge in [-0.15, -0.1) is 0 Å². The number of halogens is 1. The van der Waals surface area contributed by atoms with Crippen molar-refractivity contribution in [3.05, 3.63) is 64.6 Å². The van der Waals surface area contributed by atoms with Crippen LogP contribution in [0.3, 0.4) is 0 Å². The van der Waals surface area contributed by atoms with Crippen LogP contribution in [-0.2, 0) is 10.0 Å². The maximum Gasteiger partial charge on any atom is 0.240 e. The number of benzene rings is 2. The number of hydrogen-bond donors (Lipinski definition) is 2. The minimum Gasteiger partial charge on any atom is -0.387 e. The monoisotopic (exact) mass is 355 g/mol. The van der Waals surface area contributed by atoms with Crippen LogP contribution in [0.1, 0.15) is 11.7 Å². The number of rotatable bonds is 5. The quantitative estimate of drug-likeness (QED) is 0.865. The lowest BCUT2D eigenvalue weighted by atomic mass is 10.1. The Labute approximate surface area is 126 Å². The highest BCUT2D eigenvalue weighted by molar-refractivity contribution is 9.10. The third kappa shape index (κ3) is 3.89. The van der Waals surface area contributed by atoms with E-state index in [-0.39, 0.29) is 11.4 Å². The van der Waals surface area contributed by atoms with Gasteiger partial charge < -0.3 is 5.11 Å². The Bertz CT molecular complexity index is 657. The summed E-state index contributed by atoms with van der Waals surface area (Å²) in [5, 5.41) is 9.94. The number of aliphatic hydroxyl groups is 1. The molecule has 0 aliphatic heterocycles. The van der Waals surface area contributed by atoms with Gasteiger partial charge in [0.1, 0.15) is 0 Å². The highest BCUT2D eigenvalue weighted by Gasteiger charge is 2.16. The van der Waals surface area contributed by atoms with Crippen LogP contribution in [-0.4, -0.2) is 20.1 Å². The molecule has 0 bridgehead atoms. The van der Waals surface area contributed by atoms with E-state index in [4.69, 9.17) is 0 Å². The van der Waals surface area contributed by atoms with E-state index in [1.807, 2.05) is 6.07 Å². The van der Waals surface area contributed by atoms with Crippen LogP contribution >= 0.6 is 15.9 Å². The lowest BCUT2D eigenvalue weighted by Gasteiger charge is -2.12. The summed E-state index contributed by atoms with van der Waals surface area (Å²) in [7, 11) is -3.61. The van der Waals surface area contributed by atoms with Crippen LogP contribution in [0.4, 0.5) is 0 Å². The van der Waals surface area contributed by atoms with Crippen molar-refractivity contribution in [2.45, 2.75) is 11.0 Å². The maximum atomic E-state index is 12.0. The first-order chi connectivity index (χ1) is 9.49. The molecule has 0 radical (unpaired) electrons. The van der Waals surface area contributed by atoms with E-state index in [0.29, 0.717) is 5.56 Å². The number of hydrogen-bond acceptors (Lipinski definition) is 3. The molecule has 0 spiro atoms. The summed E-state index contributed by atoms with van der Waals surface area (Å²) in [6, 6.07) is 15.2. The van der Waals surface area contributed by atoms with Crippen LogP contribution in [0.25, 0.3) is 0 Å². The summed E-state index contributed by atoms with van der Waals surface area (Å²) in [5.41, 5.74) is 0.672. The Morgan fingerprint density at radius 2 is 1.65 bits per heavy atom. The fourth-order valence-electron chi connectivity index (χ4n) is 1.68. The molecule has 0 aromatic heterocycles. The predicted octanol–water partition coefficient (Wildman–Crippen LogP) is 2.46. The Balaban J connectivity index is 2.04. The van der Waals surface area contributed by atoms with Gasteiger partial charge in [-0.25, -0.2) is 13.1 Å². The van der Waals surface area contributed by atoms with Gasteiger partial charge in [-0.1, -0.05) is 46.3 Å². The van der Waals surface area contributed by atoms with E-state index in [1.54, 1.807) is 36.4 Å². The summed E-state index contributed by atoms with van der Waals surface area (Å²) in [6.07, 6.45) is -0.874. The lowest BCUT2D eigenvalue weighted by molar-refractivity contribution is 0.182. The average molecular weight is 356 g/mol. The molecule has 106 valence electrons. The molecule has 0 aliphatic carbocycles. The maximum absolute atomic E-state index is 12.0. The van der Waals surface area contributed by atoms with Gasteiger partial charge in [0.25, 0.3) is 0 Å². The summed E-state index contributed by atoms with van der Waals surface area (Å²) < 4.78 is 27.3. The Kier molecular flexibility index (Phi) is 4.93. The number of sulfonamides is 1. The van der Waals surface area contributed by atoms with Gasteiger partial charge in [-0.2, -0.15) is 0 Å². The first-order valence-corrected chi connectivity index (χ1v) is 8.25. The molecule has 0 heterocycles. The first-order valence-electron chi connectivity index (χ1n) is 5.97. The van der Waals surface area contributed by atoms with Crippen molar-refractivity contribution in [2.24, 2.45) is 0 Å². The minimum atomic E-state index is -3.61. The highest BCUT2D eigenvalue weighted by atomic mass is 79.9. The summed E-state index contributed by atoms with van der Waals surface area (Å²) in [4.78, 5) is 0.168. The first kappa shape index (κ1) is 15.2. The van der Waals surface area contributed by atoms with Crippen LogP contribution < -0.4 is 4.72 Å². The second-order valence-electron chi connectivity index (χ2n) is 4.23. The zero-order valence-electron chi connectivity index (χ0n) is 10.5. The van der Waals surface area contributed by atoms with E-state index in [0.717, 1.165) is 4.47 Å². The zero-order valence-corrected chi connectivity index (χ0v) is 12.9. The van der Waals surface area contributed by atoms with Gasteiger partial charge in [0.15, 0.2) is 0 Å². The van der Waals surface area contributed by atoms with Crippen molar-refractivity contribution in [1.29, 1.82) is 0 Å². The second-order valence-corrected chi connectivity index (χ2v) is 6.91. The second kappa shape index (κ2) is 6.49. The molecule has 0 saturated heterocycles. The molecule has 2 aromatic rings. The van der Waals surface area contributed by atoms with Gasteiger partial charge in [-0.05, 0) is 29.8 Å². The zero-order chi connectivity index (χ0) is 14.6. The van der Waals surface area contributed by atoms with E-state index < -0.39 is 16.1 Å². The Morgan fingerprint density at radius 1 is 1.05 bits per heavy atom. The molecule has 0 aliphatic rings. The molecule has 2 rings (SSSR count). The van der Waals surface area contributed by atoms with E-state index in [2.05, 4.69) is 20.7 Å². The molecule has 1 atom stereocenters. The SMILES string of the molecule is O=S(=O)(NCC(O)c1ccccc1)c1ccc(Br)cc1. The molecule has 2 aromatic carbocycles. The van der Waals surface area contributed by atoms with Crippen molar-refractivity contribution >= 4 is 26.0 Å². The molecule has 20 heavy (non-hydrogen) atoms. The van der Waals surface area contributed by atoms with Crippen molar-refractivity contribution < 1.29 is 13.5 Å². The standard InChI is InChI=1S/C14H14BrNO3S/c15-12-6-8-13(9-7-12)20(18,19)16-10-14(17)11-4-2-1-3-5-11/h1-9,14,16-17H,10H2. The minimum absolute atomic E-state index is 0.0671. The van der Waals surface area contributed by atoms with Gasteiger partial charge >= 0.3 is 0 Å².